The maximum absolute atomic E-state index is 12.8. The smallest absolute Gasteiger partial charge is 0.244 e. The first-order valence-electron chi connectivity index (χ1n) is 9.65. The number of para-hydroxylation sites is 1. The molecule has 1 aliphatic rings. The number of nitrogens with zero attached hydrogens (tertiary/aromatic N) is 2. The van der Waals surface area contributed by atoms with Crippen molar-refractivity contribution in [3.05, 3.63) is 64.1 Å². The minimum Gasteiger partial charge on any atom is -0.335 e. The quantitative estimate of drug-likeness (QED) is 0.660. The summed E-state index contributed by atoms with van der Waals surface area (Å²) in [5.74, 6) is -0.392. The van der Waals surface area contributed by atoms with Crippen LogP contribution in [0.5, 0.6) is 0 Å². The van der Waals surface area contributed by atoms with Crippen LogP contribution in [0.1, 0.15) is 31.4 Å². The second-order valence-corrected chi connectivity index (χ2v) is 8.19. The number of anilines is 1. The van der Waals surface area contributed by atoms with Crippen LogP contribution in [-0.4, -0.2) is 47.8 Å². The predicted molar refractivity (Wildman–Crippen MR) is 117 cm³/mol. The van der Waals surface area contributed by atoms with Crippen LogP contribution in [0.3, 0.4) is 0 Å². The Morgan fingerprint density at radius 3 is 2.28 bits per heavy atom. The van der Waals surface area contributed by atoms with Crippen molar-refractivity contribution >= 4 is 40.7 Å². The zero-order valence-corrected chi connectivity index (χ0v) is 18.1. The summed E-state index contributed by atoms with van der Waals surface area (Å²) in [4.78, 5) is 28.7. The molecule has 0 aromatic heterocycles. The molecular formula is C22H25Cl2N3O2. The molecule has 0 spiro atoms. The molecule has 2 aromatic rings. The van der Waals surface area contributed by atoms with Crippen LogP contribution in [-0.2, 0) is 9.59 Å². The van der Waals surface area contributed by atoms with E-state index in [0.717, 1.165) is 18.4 Å². The Morgan fingerprint density at radius 2 is 1.66 bits per heavy atom. The van der Waals surface area contributed by atoms with Crippen molar-refractivity contribution < 1.29 is 9.59 Å². The van der Waals surface area contributed by atoms with Gasteiger partial charge in [-0.25, -0.2) is 0 Å². The largest absolute Gasteiger partial charge is 0.335 e. The summed E-state index contributed by atoms with van der Waals surface area (Å²) in [5.41, 5.74) is 1.54. The first-order valence-corrected chi connectivity index (χ1v) is 10.4. The molecule has 0 aliphatic heterocycles. The molecule has 1 saturated carbocycles. The summed E-state index contributed by atoms with van der Waals surface area (Å²) in [7, 11) is 1.64. The number of carbonyl (C=O) groups excluding carboxylic acids is 2. The summed E-state index contributed by atoms with van der Waals surface area (Å²) < 4.78 is 0. The third-order valence-electron chi connectivity index (χ3n) is 5.14. The maximum Gasteiger partial charge on any atom is 0.244 e. The van der Waals surface area contributed by atoms with Crippen LogP contribution in [0.2, 0.25) is 10.0 Å². The predicted octanol–water partition coefficient (Wildman–Crippen LogP) is 4.62. The van der Waals surface area contributed by atoms with Crippen molar-refractivity contribution in [1.82, 2.24) is 9.80 Å². The lowest BCUT2D eigenvalue weighted by Gasteiger charge is -2.31. The maximum atomic E-state index is 12.8. The van der Waals surface area contributed by atoms with Crippen molar-refractivity contribution in [2.75, 3.05) is 25.5 Å². The van der Waals surface area contributed by atoms with Crippen molar-refractivity contribution in [1.29, 1.82) is 0 Å². The highest BCUT2D eigenvalue weighted by Crippen LogP contribution is 2.36. The van der Waals surface area contributed by atoms with Crippen molar-refractivity contribution in [3.63, 3.8) is 0 Å². The molecule has 1 atom stereocenters. The molecule has 7 heteroatoms. The Kier molecular flexibility index (Phi) is 7.17. The Labute approximate surface area is 181 Å². The zero-order valence-electron chi connectivity index (χ0n) is 16.6. The van der Waals surface area contributed by atoms with Gasteiger partial charge < -0.3 is 10.2 Å². The number of halogens is 2. The Hall–Kier alpha value is -2.08. The van der Waals surface area contributed by atoms with E-state index in [4.69, 9.17) is 23.2 Å². The first-order chi connectivity index (χ1) is 13.9. The molecule has 154 valence electrons. The molecule has 2 aromatic carbocycles. The van der Waals surface area contributed by atoms with Gasteiger partial charge in [-0.15, -0.1) is 0 Å². The summed E-state index contributed by atoms with van der Waals surface area (Å²) in [6.45, 7) is 2.27. The molecule has 29 heavy (non-hydrogen) atoms. The van der Waals surface area contributed by atoms with Gasteiger partial charge in [-0.05, 0) is 43.5 Å². The van der Waals surface area contributed by atoms with E-state index in [0.29, 0.717) is 21.8 Å². The molecular weight excluding hydrogens is 409 g/mol. The van der Waals surface area contributed by atoms with Gasteiger partial charge in [-0.1, -0.05) is 53.5 Å². The van der Waals surface area contributed by atoms with Crippen molar-refractivity contribution in [2.24, 2.45) is 0 Å². The molecule has 1 unspecified atom stereocenters. The van der Waals surface area contributed by atoms with Gasteiger partial charge in [0.25, 0.3) is 0 Å². The summed E-state index contributed by atoms with van der Waals surface area (Å²) in [6, 6.07) is 15.1. The number of rotatable bonds is 8. The standard InChI is InChI=1S/C22H25Cl2N3O2/c1-15(17-7-3-4-8-18(17)23)27(16-11-12-16)14-22(29)26(2)13-21(28)25-20-10-6-5-9-19(20)24/h3-10,15-16H,11-14H2,1-2H3,(H,25,28). The number of nitrogens with one attached hydrogen (secondary N) is 1. The highest BCUT2D eigenvalue weighted by molar-refractivity contribution is 6.33. The van der Waals surface area contributed by atoms with E-state index in [1.807, 2.05) is 24.3 Å². The second-order valence-electron chi connectivity index (χ2n) is 7.38. The Morgan fingerprint density at radius 1 is 1.03 bits per heavy atom. The minimum absolute atomic E-state index is 0.0190. The van der Waals surface area contributed by atoms with Gasteiger partial charge in [0.2, 0.25) is 11.8 Å². The highest BCUT2D eigenvalue weighted by Gasteiger charge is 2.35. The molecule has 1 fully saturated rings. The highest BCUT2D eigenvalue weighted by atomic mass is 35.5. The third kappa shape index (κ3) is 5.72. The fourth-order valence-corrected chi connectivity index (χ4v) is 3.79. The van der Waals surface area contributed by atoms with Gasteiger partial charge >= 0.3 is 0 Å². The second kappa shape index (κ2) is 9.61. The number of likely N-dealkylation sites (N-methyl/N-ethyl adjacent to an activating group) is 1. The Bertz CT molecular complexity index is 886. The van der Waals surface area contributed by atoms with Crippen LogP contribution in [0, 0.1) is 0 Å². The van der Waals surface area contributed by atoms with Gasteiger partial charge in [0.1, 0.15) is 0 Å². The summed E-state index contributed by atoms with van der Waals surface area (Å²) in [6.07, 6.45) is 2.14. The lowest BCUT2D eigenvalue weighted by Crippen LogP contribution is -2.43. The number of benzene rings is 2. The lowest BCUT2D eigenvalue weighted by molar-refractivity contribution is -0.134. The molecule has 0 saturated heterocycles. The molecule has 1 N–H and O–H groups in total. The average molecular weight is 434 g/mol. The fourth-order valence-electron chi connectivity index (χ4n) is 3.31. The Balaban J connectivity index is 1.60. The van der Waals surface area contributed by atoms with E-state index in [9.17, 15) is 9.59 Å². The molecule has 1 aliphatic carbocycles. The number of amides is 2. The van der Waals surface area contributed by atoms with Crippen molar-refractivity contribution in [2.45, 2.75) is 31.8 Å². The van der Waals surface area contributed by atoms with Gasteiger partial charge in [0.05, 0.1) is 23.8 Å². The van der Waals surface area contributed by atoms with Crippen LogP contribution in [0.15, 0.2) is 48.5 Å². The van der Waals surface area contributed by atoms with Crippen LogP contribution in [0.4, 0.5) is 5.69 Å². The van der Waals surface area contributed by atoms with Crippen molar-refractivity contribution in [3.8, 4) is 0 Å². The topological polar surface area (TPSA) is 52.7 Å². The fraction of sp³-hybridized carbons (Fsp3) is 0.364. The normalized spacial score (nSPS) is 14.5. The van der Waals surface area contributed by atoms with Crippen LogP contribution in [0.25, 0.3) is 0 Å². The van der Waals surface area contributed by atoms with Gasteiger partial charge in [0.15, 0.2) is 0 Å². The van der Waals surface area contributed by atoms with E-state index >= 15 is 0 Å². The molecule has 5 nitrogen and oxygen atoms in total. The van der Waals surface area contributed by atoms with Crippen LogP contribution >= 0.6 is 23.2 Å². The first kappa shape index (κ1) is 21.6. The minimum atomic E-state index is -0.286. The van der Waals surface area contributed by atoms with E-state index in [1.165, 1.54) is 4.90 Å². The third-order valence-corrected chi connectivity index (χ3v) is 5.81. The lowest BCUT2D eigenvalue weighted by atomic mass is 10.1. The van der Waals surface area contributed by atoms with E-state index in [2.05, 4.69) is 17.1 Å². The molecule has 0 heterocycles. The van der Waals surface area contributed by atoms with E-state index < -0.39 is 0 Å². The van der Waals surface area contributed by atoms with E-state index in [1.54, 1.807) is 31.3 Å². The zero-order chi connectivity index (χ0) is 21.0. The molecule has 0 bridgehead atoms. The van der Waals surface area contributed by atoms with Gasteiger partial charge in [-0.3, -0.25) is 14.5 Å². The summed E-state index contributed by atoms with van der Waals surface area (Å²) in [5, 5.41) is 3.91. The number of hydrogen-bond acceptors (Lipinski definition) is 3. The van der Waals surface area contributed by atoms with Gasteiger partial charge in [0, 0.05) is 24.2 Å². The monoisotopic (exact) mass is 433 g/mol. The molecule has 0 radical (unpaired) electrons. The number of hydrogen-bond donors (Lipinski definition) is 1. The number of carbonyl (C=O) groups is 2. The SMILES string of the molecule is CC(c1ccccc1Cl)N(CC(=O)N(C)CC(=O)Nc1ccccc1Cl)C1CC1. The van der Waals surface area contributed by atoms with E-state index in [-0.39, 0.29) is 30.9 Å². The average Bonchev–Trinajstić information content (AvgIpc) is 3.52. The molecule has 2 amide bonds. The van der Waals surface area contributed by atoms with Crippen LogP contribution < -0.4 is 5.32 Å². The van der Waals surface area contributed by atoms with Gasteiger partial charge in [-0.2, -0.15) is 0 Å². The summed E-state index contributed by atoms with van der Waals surface area (Å²) >= 11 is 12.4. The molecule has 3 rings (SSSR count).